The molecule has 0 radical (unpaired) electrons. The Bertz CT molecular complexity index is 1470. The maximum Gasteiger partial charge on any atom is 0.103 e. The van der Waals surface area contributed by atoms with E-state index in [-0.39, 0.29) is 0 Å². The molecular formula is C32H31N5. The summed E-state index contributed by atoms with van der Waals surface area (Å²) in [7, 11) is 0. The van der Waals surface area contributed by atoms with E-state index in [2.05, 4.69) is 92.8 Å². The monoisotopic (exact) mass is 485 g/mol. The van der Waals surface area contributed by atoms with Crippen LogP contribution in [0.25, 0.3) is 44.8 Å². The van der Waals surface area contributed by atoms with Crippen LogP contribution in [0.1, 0.15) is 54.6 Å². The predicted molar refractivity (Wildman–Crippen MR) is 149 cm³/mol. The molecule has 37 heavy (non-hydrogen) atoms. The summed E-state index contributed by atoms with van der Waals surface area (Å²) < 4.78 is 0. The molecule has 0 aliphatic carbocycles. The minimum Gasteiger partial charge on any atom is -0.342 e. The van der Waals surface area contributed by atoms with Crippen molar-refractivity contribution in [3.8, 4) is 44.8 Å². The van der Waals surface area contributed by atoms with Gasteiger partial charge in [-0.05, 0) is 77.1 Å². The van der Waals surface area contributed by atoms with Crippen LogP contribution in [0, 0.1) is 19.8 Å². The van der Waals surface area contributed by atoms with Crippen molar-refractivity contribution < 1.29 is 0 Å². The van der Waals surface area contributed by atoms with Crippen LogP contribution < -0.4 is 5.32 Å². The van der Waals surface area contributed by atoms with Crippen LogP contribution in [0.3, 0.4) is 0 Å². The third-order valence-electron chi connectivity index (χ3n) is 8.08. The Morgan fingerprint density at radius 3 is 1.38 bits per heavy atom. The van der Waals surface area contributed by atoms with E-state index in [9.17, 15) is 0 Å². The quantitative estimate of drug-likeness (QED) is 0.246. The van der Waals surface area contributed by atoms with Crippen molar-refractivity contribution in [1.29, 1.82) is 0 Å². The molecular weight excluding hydrogens is 454 g/mol. The van der Waals surface area contributed by atoms with Crippen LogP contribution in [0.4, 0.5) is 0 Å². The zero-order valence-electron chi connectivity index (χ0n) is 21.5. The van der Waals surface area contributed by atoms with E-state index in [1.54, 1.807) is 0 Å². The lowest BCUT2D eigenvalue weighted by molar-refractivity contribution is 0.291. The minimum absolute atomic E-state index is 0.404. The largest absolute Gasteiger partial charge is 0.342 e. The van der Waals surface area contributed by atoms with Gasteiger partial charge in [-0.25, -0.2) is 9.97 Å². The average Bonchev–Trinajstić information content (AvgIpc) is 3.62. The van der Waals surface area contributed by atoms with Gasteiger partial charge in [0.05, 0.1) is 23.8 Å². The fourth-order valence-electron chi connectivity index (χ4n) is 6.37. The van der Waals surface area contributed by atoms with Gasteiger partial charge in [-0.2, -0.15) is 0 Å². The molecule has 3 N–H and O–H groups in total. The predicted octanol–water partition coefficient (Wildman–Crippen LogP) is 7.53. The number of aryl methyl sites for hydroxylation is 2. The lowest BCUT2D eigenvalue weighted by Gasteiger charge is -2.27. The first-order valence-electron chi connectivity index (χ1n) is 13.2. The summed E-state index contributed by atoms with van der Waals surface area (Å²) >= 11 is 0. The number of piperidine rings is 1. The molecule has 5 heteroatoms. The summed E-state index contributed by atoms with van der Waals surface area (Å²) in [6.07, 6.45) is 6.18. The number of aromatic amines is 2. The highest BCUT2D eigenvalue weighted by Gasteiger charge is 2.39. The molecule has 5 nitrogen and oxygen atoms in total. The zero-order chi connectivity index (χ0) is 25.1. The van der Waals surface area contributed by atoms with Crippen molar-refractivity contribution in [1.82, 2.24) is 25.3 Å². The highest BCUT2D eigenvalue weighted by Crippen LogP contribution is 2.52. The van der Waals surface area contributed by atoms with Crippen molar-refractivity contribution in [2.24, 2.45) is 5.92 Å². The third kappa shape index (κ3) is 3.82. The van der Waals surface area contributed by atoms with Crippen molar-refractivity contribution in [2.75, 3.05) is 0 Å². The average molecular weight is 486 g/mol. The second-order valence-corrected chi connectivity index (χ2v) is 10.8. The normalized spacial score (nSPS) is 20.2. The Morgan fingerprint density at radius 2 is 1.00 bits per heavy atom. The molecule has 1 fully saturated rings. The van der Waals surface area contributed by atoms with Gasteiger partial charge in [-0.1, -0.05) is 67.6 Å². The van der Waals surface area contributed by atoms with Crippen LogP contribution in [0.2, 0.25) is 0 Å². The van der Waals surface area contributed by atoms with Crippen molar-refractivity contribution >= 4 is 0 Å². The van der Waals surface area contributed by atoms with Gasteiger partial charge in [-0.15, -0.1) is 0 Å². The van der Waals surface area contributed by atoms with Crippen LogP contribution in [-0.2, 0) is 0 Å². The van der Waals surface area contributed by atoms with Crippen LogP contribution in [0.15, 0.2) is 73.1 Å². The minimum atomic E-state index is 0.404. The standard InChI is InChI=1S/C32H31N5/c1-18-14-27-31-25(21-4-8-23(9-5-21)29-16-33-19(2)35-29)12-13-26(32(31)28(15-18)37-27)22-6-10-24(11-7-22)30-17-34-20(3)36-30/h4-13,16-18,27-28,37H,14-15H2,1-3H3,(H,33,35)(H,34,36). The second-order valence-electron chi connectivity index (χ2n) is 10.8. The van der Waals surface area contributed by atoms with E-state index < -0.39 is 0 Å². The molecule has 2 aromatic heterocycles. The van der Waals surface area contributed by atoms with Crippen molar-refractivity contribution in [2.45, 2.75) is 45.7 Å². The maximum absolute atomic E-state index is 4.36. The number of hydrogen-bond acceptors (Lipinski definition) is 3. The van der Waals surface area contributed by atoms with Crippen molar-refractivity contribution in [3.63, 3.8) is 0 Å². The number of benzene rings is 3. The van der Waals surface area contributed by atoms with Gasteiger partial charge in [0, 0.05) is 12.1 Å². The van der Waals surface area contributed by atoms with E-state index in [0.717, 1.165) is 34.2 Å². The van der Waals surface area contributed by atoms with E-state index in [4.69, 9.17) is 0 Å². The molecule has 5 aromatic rings. The van der Waals surface area contributed by atoms with Gasteiger partial charge in [0.1, 0.15) is 11.6 Å². The van der Waals surface area contributed by atoms with Gasteiger partial charge in [0.25, 0.3) is 0 Å². The lowest BCUT2D eigenvalue weighted by atomic mass is 9.86. The first-order valence-corrected chi connectivity index (χ1v) is 13.2. The van der Waals surface area contributed by atoms with Crippen LogP contribution >= 0.6 is 0 Å². The third-order valence-corrected chi connectivity index (χ3v) is 8.08. The topological polar surface area (TPSA) is 69.4 Å². The summed E-state index contributed by atoms with van der Waals surface area (Å²) in [6.45, 7) is 6.37. The fraction of sp³-hybridized carbons (Fsp3) is 0.250. The van der Waals surface area contributed by atoms with E-state index in [1.165, 1.54) is 46.2 Å². The summed E-state index contributed by atoms with van der Waals surface area (Å²) in [5.74, 6) is 2.58. The van der Waals surface area contributed by atoms with Gasteiger partial charge >= 0.3 is 0 Å². The van der Waals surface area contributed by atoms with Gasteiger partial charge in [-0.3, -0.25) is 0 Å². The van der Waals surface area contributed by atoms with E-state index in [0.29, 0.717) is 18.0 Å². The fourth-order valence-corrected chi connectivity index (χ4v) is 6.37. The lowest BCUT2D eigenvalue weighted by Crippen LogP contribution is -2.27. The molecule has 2 unspecified atom stereocenters. The molecule has 0 saturated carbocycles. The maximum atomic E-state index is 4.36. The van der Waals surface area contributed by atoms with E-state index >= 15 is 0 Å². The molecule has 1 saturated heterocycles. The molecule has 0 amide bonds. The van der Waals surface area contributed by atoms with Gasteiger partial charge < -0.3 is 15.3 Å². The Labute approximate surface area is 217 Å². The van der Waals surface area contributed by atoms with E-state index in [1.807, 2.05) is 26.2 Å². The number of H-pyrrole nitrogens is 2. The molecule has 2 aliphatic heterocycles. The number of imidazole rings is 2. The first kappa shape index (κ1) is 22.3. The number of nitrogens with one attached hydrogen (secondary N) is 3. The molecule has 4 heterocycles. The van der Waals surface area contributed by atoms with Crippen molar-refractivity contribution in [3.05, 3.63) is 95.8 Å². The smallest absolute Gasteiger partial charge is 0.103 e. The number of hydrogen-bond donors (Lipinski definition) is 3. The highest BCUT2D eigenvalue weighted by molar-refractivity contribution is 5.81. The molecule has 0 spiro atoms. The SMILES string of the molecule is Cc1ncc(-c2ccc(-c3ccc(-c4ccc(-c5cnc(C)[nH]5)cc4)c4c3C3CC(C)CC4N3)cc2)[nH]1. The number of fused-ring (bicyclic) bond motifs is 5. The van der Waals surface area contributed by atoms with Crippen LogP contribution in [-0.4, -0.2) is 19.9 Å². The Kier molecular flexibility index (Phi) is 5.15. The molecule has 3 aromatic carbocycles. The summed E-state index contributed by atoms with van der Waals surface area (Å²) in [5.41, 5.74) is 12.7. The van der Waals surface area contributed by atoms with Crippen LogP contribution in [0.5, 0.6) is 0 Å². The molecule has 7 rings (SSSR count). The number of rotatable bonds is 4. The zero-order valence-corrected chi connectivity index (χ0v) is 21.5. The second kappa shape index (κ2) is 8.56. The summed E-state index contributed by atoms with van der Waals surface area (Å²) in [4.78, 5) is 15.4. The molecule has 2 aliphatic rings. The Hall–Kier alpha value is -3.96. The Morgan fingerprint density at radius 1 is 0.595 bits per heavy atom. The summed E-state index contributed by atoms with van der Waals surface area (Å²) in [6, 6.07) is 23.3. The highest BCUT2D eigenvalue weighted by atomic mass is 15.0. The summed E-state index contributed by atoms with van der Waals surface area (Å²) in [5, 5.41) is 3.96. The number of aromatic nitrogens is 4. The van der Waals surface area contributed by atoms with Gasteiger partial charge in [0.2, 0.25) is 0 Å². The molecule has 2 atom stereocenters. The number of nitrogens with zero attached hydrogens (tertiary/aromatic N) is 2. The molecule has 184 valence electrons. The first-order chi connectivity index (χ1) is 18.0. The van der Waals surface area contributed by atoms with Gasteiger partial charge in [0.15, 0.2) is 0 Å². The Balaban J connectivity index is 1.30. The molecule has 2 bridgehead atoms.